The number of rotatable bonds is 4. The maximum atomic E-state index is 13.4. The minimum Gasteiger partial charge on any atom is -0.328 e. The molecule has 1 aromatic carbocycles. The van der Waals surface area contributed by atoms with E-state index in [4.69, 9.17) is 11.6 Å². The van der Waals surface area contributed by atoms with Gasteiger partial charge in [0.05, 0.1) is 11.0 Å². The van der Waals surface area contributed by atoms with Gasteiger partial charge in [-0.05, 0) is 36.8 Å². The predicted molar refractivity (Wildman–Crippen MR) is 85.2 cm³/mol. The van der Waals surface area contributed by atoms with Crippen LogP contribution in [0.3, 0.4) is 0 Å². The zero-order chi connectivity index (χ0) is 14.8. The van der Waals surface area contributed by atoms with E-state index < -0.39 is 0 Å². The molecule has 0 saturated heterocycles. The molecule has 0 N–H and O–H groups in total. The Morgan fingerprint density at radius 1 is 1.38 bits per heavy atom. The molecule has 1 saturated carbocycles. The maximum Gasteiger partial charge on any atom is 0.125 e. The topological polar surface area (TPSA) is 17.8 Å². The van der Waals surface area contributed by atoms with Gasteiger partial charge in [-0.25, -0.2) is 9.37 Å². The summed E-state index contributed by atoms with van der Waals surface area (Å²) in [6.07, 6.45) is 5.96. The van der Waals surface area contributed by atoms with Crippen molar-refractivity contribution < 1.29 is 4.39 Å². The van der Waals surface area contributed by atoms with E-state index in [1.54, 1.807) is 0 Å². The van der Waals surface area contributed by atoms with Crippen molar-refractivity contribution in [2.45, 2.75) is 45.6 Å². The van der Waals surface area contributed by atoms with E-state index in [2.05, 4.69) is 16.5 Å². The van der Waals surface area contributed by atoms with E-state index in [9.17, 15) is 4.39 Å². The first-order valence-electron chi connectivity index (χ1n) is 7.88. The number of benzene rings is 1. The molecule has 21 heavy (non-hydrogen) atoms. The molecule has 2 atom stereocenters. The van der Waals surface area contributed by atoms with Crippen molar-refractivity contribution in [1.82, 2.24) is 9.55 Å². The van der Waals surface area contributed by atoms with Crippen LogP contribution in [0.1, 0.15) is 38.4 Å². The Labute approximate surface area is 130 Å². The second-order valence-electron chi connectivity index (χ2n) is 6.35. The zero-order valence-corrected chi connectivity index (χ0v) is 13.2. The van der Waals surface area contributed by atoms with E-state index in [0.29, 0.717) is 11.8 Å². The van der Waals surface area contributed by atoms with Crippen molar-refractivity contribution in [3.05, 3.63) is 29.8 Å². The van der Waals surface area contributed by atoms with E-state index in [1.165, 1.54) is 37.8 Å². The highest BCUT2D eigenvalue weighted by Gasteiger charge is 2.21. The molecule has 2 nitrogen and oxygen atoms in total. The Kier molecular flexibility index (Phi) is 4.48. The van der Waals surface area contributed by atoms with Crippen LogP contribution in [0.25, 0.3) is 11.0 Å². The van der Waals surface area contributed by atoms with Gasteiger partial charge < -0.3 is 4.57 Å². The molecule has 2 unspecified atom stereocenters. The van der Waals surface area contributed by atoms with Crippen LogP contribution in [0.4, 0.5) is 4.39 Å². The van der Waals surface area contributed by atoms with Gasteiger partial charge in [0.25, 0.3) is 0 Å². The predicted octanol–water partition coefficient (Wildman–Crippen LogP) is 4.78. The summed E-state index contributed by atoms with van der Waals surface area (Å²) in [4.78, 5) is 4.59. The molecule has 0 bridgehead atoms. The van der Waals surface area contributed by atoms with Crippen LogP contribution in [-0.4, -0.2) is 15.4 Å². The highest BCUT2D eigenvalue weighted by molar-refractivity contribution is 6.17. The van der Waals surface area contributed by atoms with E-state index >= 15 is 0 Å². The summed E-state index contributed by atoms with van der Waals surface area (Å²) in [6, 6.07) is 4.89. The lowest BCUT2D eigenvalue weighted by molar-refractivity contribution is 0.257. The first-order valence-corrected chi connectivity index (χ1v) is 8.41. The SMILES string of the molecule is CC1CCCC(Cn2c(CCCl)nc3cc(F)ccc32)C1. The fraction of sp³-hybridized carbons (Fsp3) is 0.588. The monoisotopic (exact) mass is 308 g/mol. The Bertz CT molecular complexity index is 623. The van der Waals surface area contributed by atoms with Crippen LogP contribution < -0.4 is 0 Å². The van der Waals surface area contributed by atoms with Crippen LogP contribution in [0.15, 0.2) is 18.2 Å². The molecule has 0 spiro atoms. The first kappa shape index (κ1) is 14.8. The highest BCUT2D eigenvalue weighted by atomic mass is 35.5. The maximum absolute atomic E-state index is 13.4. The number of halogens is 2. The lowest BCUT2D eigenvalue weighted by atomic mass is 9.82. The van der Waals surface area contributed by atoms with Gasteiger partial charge in [0.15, 0.2) is 0 Å². The molecule has 0 amide bonds. The third kappa shape index (κ3) is 3.23. The first-order chi connectivity index (χ1) is 10.2. The number of fused-ring (bicyclic) bond motifs is 1. The largest absolute Gasteiger partial charge is 0.328 e. The Balaban J connectivity index is 1.93. The number of hydrogen-bond acceptors (Lipinski definition) is 1. The van der Waals surface area contributed by atoms with Crippen molar-refractivity contribution >= 4 is 22.6 Å². The summed E-state index contributed by atoms with van der Waals surface area (Å²) in [7, 11) is 0. The molecule has 0 radical (unpaired) electrons. The lowest BCUT2D eigenvalue weighted by Gasteiger charge is -2.27. The minimum absolute atomic E-state index is 0.226. The summed E-state index contributed by atoms with van der Waals surface area (Å²) in [5.74, 6) is 2.82. The van der Waals surface area contributed by atoms with Crippen molar-refractivity contribution in [2.75, 3.05) is 5.88 Å². The molecular weight excluding hydrogens is 287 g/mol. The Morgan fingerprint density at radius 3 is 3.00 bits per heavy atom. The summed E-state index contributed by atoms with van der Waals surface area (Å²) in [5, 5.41) is 0. The van der Waals surface area contributed by atoms with Crippen molar-refractivity contribution in [3.63, 3.8) is 0 Å². The van der Waals surface area contributed by atoms with Gasteiger partial charge in [0, 0.05) is 24.9 Å². The van der Waals surface area contributed by atoms with Gasteiger partial charge in [-0.2, -0.15) is 0 Å². The van der Waals surface area contributed by atoms with Crippen LogP contribution in [-0.2, 0) is 13.0 Å². The summed E-state index contributed by atoms with van der Waals surface area (Å²) in [5.41, 5.74) is 1.79. The number of imidazole rings is 1. The van der Waals surface area contributed by atoms with Crippen LogP contribution in [0.2, 0.25) is 0 Å². The van der Waals surface area contributed by atoms with E-state index in [-0.39, 0.29) is 5.82 Å². The molecule has 1 aliphatic rings. The van der Waals surface area contributed by atoms with Crippen LogP contribution in [0, 0.1) is 17.7 Å². The van der Waals surface area contributed by atoms with Crippen LogP contribution >= 0.6 is 11.6 Å². The third-order valence-electron chi connectivity index (χ3n) is 4.59. The fourth-order valence-electron chi connectivity index (χ4n) is 3.62. The van der Waals surface area contributed by atoms with E-state index in [1.807, 2.05) is 6.07 Å². The molecule has 1 aromatic heterocycles. The molecule has 114 valence electrons. The Hall–Kier alpha value is -1.09. The second kappa shape index (κ2) is 6.35. The summed E-state index contributed by atoms with van der Waals surface area (Å²) >= 11 is 5.91. The van der Waals surface area contributed by atoms with Gasteiger partial charge in [-0.1, -0.05) is 19.8 Å². The van der Waals surface area contributed by atoms with Gasteiger partial charge in [0.1, 0.15) is 11.6 Å². The second-order valence-corrected chi connectivity index (χ2v) is 6.73. The summed E-state index contributed by atoms with van der Waals surface area (Å²) in [6.45, 7) is 3.33. The average molecular weight is 309 g/mol. The van der Waals surface area contributed by atoms with Crippen molar-refractivity contribution in [3.8, 4) is 0 Å². The van der Waals surface area contributed by atoms with Gasteiger partial charge in [-0.15, -0.1) is 11.6 Å². The van der Waals surface area contributed by atoms with Gasteiger partial charge in [-0.3, -0.25) is 0 Å². The number of alkyl halides is 1. The normalized spacial score (nSPS) is 22.8. The van der Waals surface area contributed by atoms with E-state index in [0.717, 1.165) is 35.7 Å². The quantitative estimate of drug-likeness (QED) is 0.743. The minimum atomic E-state index is -0.226. The zero-order valence-electron chi connectivity index (χ0n) is 12.5. The van der Waals surface area contributed by atoms with Crippen LogP contribution in [0.5, 0.6) is 0 Å². The molecular formula is C17H22ClFN2. The van der Waals surface area contributed by atoms with Gasteiger partial charge >= 0.3 is 0 Å². The molecule has 3 rings (SSSR count). The number of hydrogen-bond donors (Lipinski definition) is 0. The Morgan fingerprint density at radius 2 is 2.24 bits per heavy atom. The molecule has 1 fully saturated rings. The molecule has 4 heteroatoms. The standard InChI is InChI=1S/C17H22ClFN2/c1-12-3-2-4-13(9-12)11-21-16-6-5-14(19)10-15(16)20-17(21)7-8-18/h5-6,10,12-13H,2-4,7-9,11H2,1H3. The number of nitrogens with zero attached hydrogens (tertiary/aromatic N) is 2. The lowest BCUT2D eigenvalue weighted by Crippen LogP contribution is -2.19. The highest BCUT2D eigenvalue weighted by Crippen LogP contribution is 2.31. The van der Waals surface area contributed by atoms with Crippen molar-refractivity contribution in [1.29, 1.82) is 0 Å². The average Bonchev–Trinajstić information content (AvgIpc) is 2.76. The number of aryl methyl sites for hydroxylation is 1. The molecule has 2 aromatic rings. The van der Waals surface area contributed by atoms with Gasteiger partial charge in [0.2, 0.25) is 0 Å². The smallest absolute Gasteiger partial charge is 0.125 e. The third-order valence-corrected chi connectivity index (χ3v) is 4.78. The molecule has 1 aliphatic carbocycles. The number of aromatic nitrogens is 2. The molecule has 0 aliphatic heterocycles. The molecule has 1 heterocycles. The van der Waals surface area contributed by atoms with Crippen molar-refractivity contribution in [2.24, 2.45) is 11.8 Å². The fourth-order valence-corrected chi connectivity index (χ4v) is 3.78. The summed E-state index contributed by atoms with van der Waals surface area (Å²) < 4.78 is 15.7.